The van der Waals surface area contributed by atoms with E-state index in [-0.39, 0.29) is 49.4 Å². The Morgan fingerprint density at radius 1 is 0.264 bits per heavy atom. The molecule has 1 atom stereocenters. The highest BCUT2D eigenvalue weighted by Gasteiger charge is 2.41. The summed E-state index contributed by atoms with van der Waals surface area (Å²) in [5, 5.41) is 23.9. The Balaban J connectivity index is 0.000000112. The van der Waals surface area contributed by atoms with Crippen LogP contribution in [0.2, 0.25) is 0 Å². The molecule has 1 aliphatic heterocycles. The quantitative estimate of drug-likeness (QED) is 0.0422. The van der Waals surface area contributed by atoms with E-state index in [4.69, 9.17) is 18.9 Å². The van der Waals surface area contributed by atoms with Gasteiger partial charge in [0, 0.05) is 88.3 Å². The molecule has 9 heteroatoms. The molecular weight excluding hydrogens is 1780 g/mol. The van der Waals surface area contributed by atoms with E-state index in [9.17, 15) is 4.79 Å². The molecule has 1 saturated heterocycles. The average molecular weight is 1920 g/mol. The molecule has 5 aliphatic carbocycles. The largest absolute Gasteiger partial charge is 0.493 e. The predicted octanol–water partition coefficient (Wildman–Crippen LogP) is 35.9. The summed E-state index contributed by atoms with van der Waals surface area (Å²) in [7, 11) is -0.260. The first-order chi connectivity index (χ1) is 69.3. The number of rotatable bonds is 25. The van der Waals surface area contributed by atoms with Crippen molar-refractivity contribution < 1.29 is 23.7 Å². The standard InChI is InChI=1S/C38H35OS.C37H33OS.C33H37OS.C23H29O2S/c1-2-10-28(11-3-1)24-25-39-37-22-23-38(36-17-9-8-16-35(36)37)40(33-20-18-29-12-4-6-14-31(29)26-33)34-21-19-30-13-5-7-15-32(30)27-34;1-2-12-27(13-3-1)26-38-34-24-25-37(33-21-9-8-20-32(33)34)39(35-22-10-16-28-14-4-6-18-30(28)35)36-23-11-17-29-15-5-7-19-31(29)36;1-3-12-25(13-4-1)24-34-31-22-23-33(30-20-10-9-19-29(30)31)35(27-16-5-2-6-17-27)32-21-11-15-26-14-7-8-18-28(26)32;1-17(24)21-16-22(26-14-6-7-15-26)19-10-4-5-11-20(19)23(21)25-13-12-18-8-2-3-9-18/h4-9,12-23,26-28H,1-3,10-11,24-25H2;4-11,14-25,27H,1-3,12-13,26H2;7-11,14-15,18-23,25,27H,1-6,12-13,16-17,24H2;4-5,10-11,16,18H,2-3,6-9,12-15H2,1H3/q4*+1. The van der Waals surface area contributed by atoms with Gasteiger partial charge in [-0.2, -0.15) is 0 Å². The van der Waals surface area contributed by atoms with Crippen LogP contribution < -0.4 is 18.9 Å². The fourth-order valence-electron chi connectivity index (χ4n) is 23.3. The Kier molecular flexibility index (Phi) is 31.2. The van der Waals surface area contributed by atoms with Gasteiger partial charge < -0.3 is 18.9 Å². The van der Waals surface area contributed by atoms with Gasteiger partial charge in [0.1, 0.15) is 50.6 Å². The molecular formula is C131H134O5S4+4. The molecule has 6 aliphatic rings. The molecule has 708 valence electrons. The monoisotopic (exact) mass is 1910 g/mol. The summed E-state index contributed by atoms with van der Waals surface area (Å²) in [4.78, 5) is 24.9. The van der Waals surface area contributed by atoms with Crippen molar-refractivity contribution >= 4 is 146 Å². The third-order valence-corrected chi connectivity index (χ3v) is 40.7. The first-order valence-corrected chi connectivity index (χ1v) is 58.1. The van der Waals surface area contributed by atoms with E-state index in [1.54, 1.807) is 6.92 Å². The highest BCUT2D eigenvalue weighted by atomic mass is 32.2. The van der Waals surface area contributed by atoms with Gasteiger partial charge in [0.15, 0.2) is 49.8 Å². The van der Waals surface area contributed by atoms with E-state index in [1.807, 2.05) is 0 Å². The molecule has 0 spiro atoms. The number of benzene rings is 18. The smallest absolute Gasteiger partial charge is 0.174 e. The summed E-state index contributed by atoms with van der Waals surface area (Å²) in [6, 6.07) is 130. The molecule has 24 rings (SSSR count). The summed E-state index contributed by atoms with van der Waals surface area (Å²) in [6.45, 7) is 4.88. The van der Waals surface area contributed by atoms with Crippen molar-refractivity contribution in [2.24, 2.45) is 23.7 Å². The summed E-state index contributed by atoms with van der Waals surface area (Å²) in [6.07, 6.45) is 37.4. The molecule has 6 fully saturated rings. The van der Waals surface area contributed by atoms with Crippen molar-refractivity contribution in [3.05, 3.63) is 357 Å². The molecule has 140 heavy (non-hydrogen) atoms. The second-order valence-corrected chi connectivity index (χ2v) is 48.4. The summed E-state index contributed by atoms with van der Waals surface area (Å²) in [5.41, 5.74) is 0.782. The van der Waals surface area contributed by atoms with E-state index in [0.29, 0.717) is 11.2 Å². The van der Waals surface area contributed by atoms with E-state index < -0.39 is 0 Å². The lowest BCUT2D eigenvalue weighted by Crippen LogP contribution is -2.25. The minimum absolute atomic E-state index is 0.0411. The number of ether oxygens (including phenoxy) is 4. The van der Waals surface area contributed by atoms with Crippen LogP contribution in [0.4, 0.5) is 0 Å². The van der Waals surface area contributed by atoms with Crippen LogP contribution >= 0.6 is 0 Å². The molecule has 0 amide bonds. The Morgan fingerprint density at radius 3 is 1.06 bits per heavy atom. The Morgan fingerprint density at radius 2 is 0.593 bits per heavy atom. The topological polar surface area (TPSA) is 54.0 Å². The lowest BCUT2D eigenvalue weighted by atomic mass is 9.87. The van der Waals surface area contributed by atoms with Crippen LogP contribution in [0.1, 0.15) is 197 Å². The summed E-state index contributed by atoms with van der Waals surface area (Å²) in [5.74, 6) is 9.59. The zero-order valence-electron chi connectivity index (χ0n) is 81.6. The Labute approximate surface area is 841 Å². The number of fused-ring (bicyclic) bond motifs is 9. The highest BCUT2D eigenvalue weighted by Crippen LogP contribution is 2.49. The maximum absolute atomic E-state index is 12.4. The molecule has 1 unspecified atom stereocenters. The van der Waals surface area contributed by atoms with Gasteiger partial charge >= 0.3 is 0 Å². The third kappa shape index (κ3) is 21.8. The highest BCUT2D eigenvalue weighted by molar-refractivity contribution is 7.98. The number of ketones is 1. The molecule has 18 aromatic carbocycles. The van der Waals surface area contributed by atoms with E-state index in [1.165, 1.54) is 314 Å². The van der Waals surface area contributed by atoms with Crippen molar-refractivity contribution in [3.63, 3.8) is 0 Å². The van der Waals surface area contributed by atoms with E-state index in [2.05, 4.69) is 352 Å². The number of Topliss-reactive ketones (excluding diaryl/α,β-unsaturated/α-hetero) is 1. The van der Waals surface area contributed by atoms with Crippen LogP contribution in [-0.2, 0) is 43.6 Å². The first-order valence-electron chi connectivity index (χ1n) is 52.8. The lowest BCUT2D eigenvalue weighted by Gasteiger charge is -2.25. The van der Waals surface area contributed by atoms with Crippen molar-refractivity contribution in [2.45, 2.75) is 236 Å². The van der Waals surface area contributed by atoms with Crippen LogP contribution in [-0.4, -0.2) is 49.0 Å². The Hall–Kier alpha value is -11.4. The van der Waals surface area contributed by atoms with Gasteiger partial charge in [-0.3, -0.25) is 4.79 Å². The van der Waals surface area contributed by atoms with Crippen molar-refractivity contribution in [2.75, 3.05) is 37.9 Å². The van der Waals surface area contributed by atoms with E-state index >= 15 is 0 Å². The van der Waals surface area contributed by atoms with Crippen LogP contribution in [0.3, 0.4) is 0 Å². The molecule has 0 aromatic heterocycles. The number of carbonyl (C=O) groups excluding carboxylic acids is 1. The normalized spacial score (nSPS) is 16.2. The zero-order valence-corrected chi connectivity index (χ0v) is 84.9. The molecule has 5 nitrogen and oxygen atoms in total. The van der Waals surface area contributed by atoms with Crippen LogP contribution in [0.15, 0.2) is 396 Å². The molecule has 18 aromatic rings. The molecule has 0 bridgehead atoms. The average Bonchev–Trinajstić information content (AvgIpc) is 0.992. The Bertz CT molecular complexity index is 7140. The van der Waals surface area contributed by atoms with Gasteiger partial charge in [0.2, 0.25) is 0 Å². The van der Waals surface area contributed by atoms with Crippen LogP contribution in [0, 0.1) is 23.7 Å². The second kappa shape index (κ2) is 46.1. The SMILES string of the molecule is CC(=O)c1cc([S+]2CCCC2)c2ccccc2c1OCCC1CCCC1.c1ccc2c([S+](c3ccc(OCC4CCCCC4)c4ccccc34)C3CCCCC3)cccc2c1.c1ccc2c([S+](c3cccc4ccccc34)c3ccc(OCC4CCCCC4)c4ccccc34)cccc2c1.c1ccc2cc([S+](c3ccc4ccccc4c3)c3ccc(OCCC4CCCCC4)c4ccccc34)ccc2c1. The molecule has 0 N–H and O–H groups in total. The maximum Gasteiger partial charge on any atom is 0.174 e. The number of hydrogen-bond donors (Lipinski definition) is 0. The second-order valence-electron chi connectivity index (χ2n) is 40.0. The van der Waals surface area contributed by atoms with E-state index in [0.717, 1.165) is 91.0 Å². The first kappa shape index (κ1) is 94.8. The summed E-state index contributed by atoms with van der Waals surface area (Å²) >= 11 is 0. The molecule has 1 heterocycles. The molecule has 5 saturated carbocycles. The minimum atomic E-state index is -0.310. The van der Waals surface area contributed by atoms with Crippen molar-refractivity contribution in [1.82, 2.24) is 0 Å². The zero-order chi connectivity index (χ0) is 94.1. The van der Waals surface area contributed by atoms with Gasteiger partial charge in [-0.05, 0) is 267 Å². The van der Waals surface area contributed by atoms with Gasteiger partial charge in [-0.1, -0.05) is 315 Å². The van der Waals surface area contributed by atoms with Gasteiger partial charge in [-0.25, -0.2) is 0 Å². The summed E-state index contributed by atoms with van der Waals surface area (Å²) < 4.78 is 25.8. The number of carbonyl (C=O) groups is 1. The van der Waals surface area contributed by atoms with Crippen molar-refractivity contribution in [3.8, 4) is 23.0 Å². The van der Waals surface area contributed by atoms with Gasteiger partial charge in [-0.15, -0.1) is 0 Å². The third-order valence-electron chi connectivity index (χ3n) is 30.8. The fourth-order valence-corrected chi connectivity index (χ4v) is 33.7. The van der Waals surface area contributed by atoms with Gasteiger partial charge in [0.25, 0.3) is 0 Å². The fraction of sp³-hybridized carbons (Fsp3) is 0.305. The molecule has 0 radical (unpaired) electrons. The van der Waals surface area contributed by atoms with Crippen molar-refractivity contribution in [1.29, 1.82) is 0 Å². The predicted molar refractivity (Wildman–Crippen MR) is 598 cm³/mol. The maximum atomic E-state index is 12.4. The van der Waals surface area contributed by atoms with Crippen LogP contribution in [0.5, 0.6) is 23.0 Å². The van der Waals surface area contributed by atoms with Gasteiger partial charge in [0.05, 0.1) is 53.8 Å². The minimum Gasteiger partial charge on any atom is -0.493 e. The number of hydrogen-bond acceptors (Lipinski definition) is 5. The lowest BCUT2D eigenvalue weighted by molar-refractivity contribution is 0.101. The van der Waals surface area contributed by atoms with Crippen LogP contribution in [0.25, 0.3) is 97.0 Å².